The SMILES string of the molecule is [C-]#[N+]C1=C[C@]2(C)C3=CC(=O)C4C5CC(C)(C)CC[C@]5(C(C)=O)CC[C@@]4(C)[C@]3(C)CC[C@H]2C(C)(C)C1=O. The van der Waals surface area contributed by atoms with Crippen LogP contribution in [0.3, 0.4) is 0 Å². The van der Waals surface area contributed by atoms with Gasteiger partial charge in [-0.15, -0.1) is 0 Å². The number of carbonyl (C=O) groups is 3. The van der Waals surface area contributed by atoms with Crippen molar-refractivity contribution in [3.05, 3.63) is 34.8 Å². The summed E-state index contributed by atoms with van der Waals surface area (Å²) >= 11 is 0. The van der Waals surface area contributed by atoms with Gasteiger partial charge in [-0.1, -0.05) is 60.1 Å². The molecule has 194 valence electrons. The van der Waals surface area contributed by atoms with Crippen LogP contribution in [0.4, 0.5) is 0 Å². The summed E-state index contributed by atoms with van der Waals surface area (Å²) < 4.78 is 0. The molecular weight excluding hydrogens is 446 g/mol. The van der Waals surface area contributed by atoms with Gasteiger partial charge >= 0.3 is 0 Å². The van der Waals surface area contributed by atoms with E-state index in [2.05, 4.69) is 39.5 Å². The van der Waals surface area contributed by atoms with Gasteiger partial charge < -0.3 is 4.79 Å². The Labute approximate surface area is 217 Å². The smallest absolute Gasteiger partial charge is 0.226 e. The van der Waals surface area contributed by atoms with E-state index < -0.39 is 10.8 Å². The third kappa shape index (κ3) is 2.89. The Kier molecular flexibility index (Phi) is 5.19. The summed E-state index contributed by atoms with van der Waals surface area (Å²) in [5.74, 6) is 0.348. The molecule has 4 heteroatoms. The monoisotopic (exact) mass is 489 g/mol. The van der Waals surface area contributed by atoms with Gasteiger partial charge in [0.05, 0.1) is 6.57 Å². The van der Waals surface area contributed by atoms with Crippen LogP contribution in [0.5, 0.6) is 0 Å². The normalized spacial score (nSPS) is 46.7. The Morgan fingerprint density at radius 1 is 0.972 bits per heavy atom. The number of carbonyl (C=O) groups excluding carboxylic acids is 3. The second kappa shape index (κ2) is 7.30. The van der Waals surface area contributed by atoms with E-state index in [4.69, 9.17) is 6.57 Å². The van der Waals surface area contributed by atoms with E-state index >= 15 is 0 Å². The number of fused-ring (bicyclic) bond motifs is 7. The first-order valence-electron chi connectivity index (χ1n) is 13.9. The predicted molar refractivity (Wildman–Crippen MR) is 141 cm³/mol. The van der Waals surface area contributed by atoms with E-state index in [1.54, 1.807) is 6.92 Å². The molecule has 0 spiro atoms. The van der Waals surface area contributed by atoms with Crippen LogP contribution in [-0.4, -0.2) is 17.3 Å². The predicted octanol–water partition coefficient (Wildman–Crippen LogP) is 7.15. The number of hydrogen-bond acceptors (Lipinski definition) is 3. The molecule has 0 amide bonds. The van der Waals surface area contributed by atoms with E-state index in [-0.39, 0.29) is 62.5 Å². The van der Waals surface area contributed by atoms with Crippen LogP contribution in [0.2, 0.25) is 0 Å². The molecule has 0 aromatic carbocycles. The number of allylic oxidation sites excluding steroid dienone is 4. The molecule has 7 atom stereocenters. The molecule has 5 rings (SSSR count). The van der Waals surface area contributed by atoms with E-state index in [0.717, 1.165) is 50.5 Å². The van der Waals surface area contributed by atoms with Gasteiger partial charge in [-0.3, -0.25) is 9.59 Å². The molecule has 3 saturated carbocycles. The maximum atomic E-state index is 14.3. The first-order valence-corrected chi connectivity index (χ1v) is 13.9. The maximum absolute atomic E-state index is 14.3. The van der Waals surface area contributed by atoms with Gasteiger partial charge in [0, 0.05) is 22.2 Å². The summed E-state index contributed by atoms with van der Waals surface area (Å²) in [7, 11) is 0. The highest BCUT2D eigenvalue weighted by molar-refractivity contribution is 6.03. The van der Waals surface area contributed by atoms with Gasteiger partial charge in [-0.25, -0.2) is 4.85 Å². The van der Waals surface area contributed by atoms with Crippen LogP contribution in [0, 0.1) is 56.8 Å². The van der Waals surface area contributed by atoms with E-state index in [1.807, 2.05) is 26.0 Å². The molecule has 5 aliphatic carbocycles. The van der Waals surface area contributed by atoms with Gasteiger partial charge in [-0.2, -0.15) is 0 Å². The molecule has 4 nitrogen and oxygen atoms in total. The number of hydrogen-bond donors (Lipinski definition) is 0. The Morgan fingerprint density at radius 2 is 1.61 bits per heavy atom. The van der Waals surface area contributed by atoms with Gasteiger partial charge in [0.15, 0.2) is 11.6 Å². The van der Waals surface area contributed by atoms with Crippen molar-refractivity contribution in [1.82, 2.24) is 0 Å². The fraction of sp³-hybridized carbons (Fsp3) is 0.750. The third-order valence-corrected chi connectivity index (χ3v) is 12.5. The maximum Gasteiger partial charge on any atom is 0.226 e. The first kappa shape index (κ1) is 25.6. The molecule has 0 aromatic heterocycles. The summed E-state index contributed by atoms with van der Waals surface area (Å²) in [6, 6.07) is 0. The second-order valence-corrected chi connectivity index (χ2v) is 14.9. The van der Waals surface area contributed by atoms with Crippen molar-refractivity contribution in [1.29, 1.82) is 0 Å². The minimum absolute atomic E-state index is 0.0591. The van der Waals surface area contributed by atoms with Crippen molar-refractivity contribution in [3.63, 3.8) is 0 Å². The summed E-state index contributed by atoms with van der Waals surface area (Å²) in [4.78, 5) is 44.4. The van der Waals surface area contributed by atoms with Gasteiger partial charge in [-0.05, 0) is 86.0 Å². The zero-order valence-corrected chi connectivity index (χ0v) is 23.5. The molecule has 36 heavy (non-hydrogen) atoms. The van der Waals surface area contributed by atoms with E-state index in [9.17, 15) is 14.4 Å². The van der Waals surface area contributed by atoms with E-state index in [1.165, 1.54) is 0 Å². The van der Waals surface area contributed by atoms with Crippen LogP contribution in [0.15, 0.2) is 23.4 Å². The van der Waals surface area contributed by atoms with Crippen molar-refractivity contribution < 1.29 is 14.4 Å². The van der Waals surface area contributed by atoms with Crippen LogP contribution >= 0.6 is 0 Å². The topological polar surface area (TPSA) is 55.6 Å². The average molecular weight is 490 g/mol. The Balaban J connectivity index is 1.71. The first-order chi connectivity index (χ1) is 16.5. The highest BCUT2D eigenvalue weighted by Gasteiger charge is 2.70. The van der Waals surface area contributed by atoms with Crippen molar-refractivity contribution in [3.8, 4) is 0 Å². The molecule has 3 fully saturated rings. The van der Waals surface area contributed by atoms with Gasteiger partial charge in [0.1, 0.15) is 5.78 Å². The Hall–Kier alpha value is -2.02. The number of nitrogens with zero attached hydrogens (tertiary/aromatic N) is 1. The zero-order chi connectivity index (χ0) is 26.7. The molecule has 0 N–H and O–H groups in total. The molecule has 0 aliphatic heterocycles. The van der Waals surface area contributed by atoms with Crippen LogP contribution in [-0.2, 0) is 14.4 Å². The largest absolute Gasteiger partial charge is 0.307 e. The van der Waals surface area contributed by atoms with Crippen LogP contribution in [0.25, 0.3) is 4.85 Å². The summed E-state index contributed by atoms with van der Waals surface area (Å²) in [5, 5.41) is 0. The van der Waals surface area contributed by atoms with Crippen molar-refractivity contribution >= 4 is 17.3 Å². The van der Waals surface area contributed by atoms with Gasteiger partial charge in [0.25, 0.3) is 0 Å². The molecule has 5 aliphatic rings. The molecule has 0 radical (unpaired) electrons. The average Bonchev–Trinajstić information content (AvgIpc) is 2.77. The van der Waals surface area contributed by atoms with Crippen molar-refractivity contribution in [2.75, 3.05) is 0 Å². The lowest BCUT2D eigenvalue weighted by Gasteiger charge is -2.69. The lowest BCUT2D eigenvalue weighted by atomic mass is 9.34. The zero-order valence-electron chi connectivity index (χ0n) is 23.5. The van der Waals surface area contributed by atoms with Gasteiger partial charge in [0.2, 0.25) is 5.70 Å². The summed E-state index contributed by atoms with van der Waals surface area (Å²) in [5.41, 5.74) is -0.533. The fourth-order valence-corrected chi connectivity index (χ4v) is 10.2. The van der Waals surface area contributed by atoms with Crippen LogP contribution < -0.4 is 0 Å². The lowest BCUT2D eigenvalue weighted by Crippen LogP contribution is -2.65. The molecule has 0 saturated heterocycles. The minimum Gasteiger partial charge on any atom is -0.307 e. The van der Waals surface area contributed by atoms with Crippen molar-refractivity contribution in [2.45, 2.75) is 100 Å². The number of Topliss-reactive ketones (excluding diaryl/α,β-unsaturated/α-hetero) is 2. The quantitative estimate of drug-likeness (QED) is 0.368. The minimum atomic E-state index is -0.643. The van der Waals surface area contributed by atoms with E-state index in [0.29, 0.717) is 0 Å². The summed E-state index contributed by atoms with van der Waals surface area (Å²) in [6.45, 7) is 24.9. The fourth-order valence-electron chi connectivity index (χ4n) is 10.2. The molecule has 0 bridgehead atoms. The summed E-state index contributed by atoms with van der Waals surface area (Å²) in [6.07, 6.45) is 10.2. The molecule has 2 unspecified atom stereocenters. The van der Waals surface area contributed by atoms with Crippen LogP contribution in [0.1, 0.15) is 100 Å². The third-order valence-electron chi connectivity index (χ3n) is 12.5. The highest BCUT2D eigenvalue weighted by Crippen LogP contribution is 2.74. The second-order valence-electron chi connectivity index (χ2n) is 14.9. The lowest BCUT2D eigenvalue weighted by molar-refractivity contribution is -0.176. The molecular formula is C32H43NO3. The number of ketones is 3. The highest BCUT2D eigenvalue weighted by atomic mass is 16.1. The van der Waals surface area contributed by atoms with Crippen molar-refractivity contribution in [2.24, 2.45) is 50.2 Å². The molecule has 0 heterocycles. The Bertz CT molecular complexity index is 1180. The number of rotatable bonds is 1. The molecule has 0 aromatic rings. The standard InChI is InChI=1S/C32H43NO3/c1-19(34)32-14-12-27(2,3)17-20(32)25-22(35)16-24-29(6)18-21(33-9)26(36)28(4,5)23(29)10-11-30(24,7)31(25,8)13-15-32/h16,18,20,23,25H,10-15,17H2,1-8H3/t20?,23-,25?,29-,30+,31+,32+/m0/s1. The Morgan fingerprint density at radius 3 is 2.22 bits per heavy atom.